The second kappa shape index (κ2) is 5.30. The Morgan fingerprint density at radius 1 is 1.33 bits per heavy atom. The van der Waals surface area contributed by atoms with Crippen molar-refractivity contribution in [3.63, 3.8) is 0 Å². The maximum Gasteiger partial charge on any atom is 0.136 e. The van der Waals surface area contributed by atoms with Gasteiger partial charge in [0.05, 0.1) is 31.4 Å². The summed E-state index contributed by atoms with van der Waals surface area (Å²) in [6.07, 6.45) is 1.67. The number of benzene rings is 1. The van der Waals surface area contributed by atoms with E-state index in [0.717, 1.165) is 21.5 Å². The molecule has 0 aliphatic carbocycles. The lowest BCUT2D eigenvalue weighted by Gasteiger charge is -2.11. The molecular weight excluding hydrogens is 298 g/mol. The van der Waals surface area contributed by atoms with Gasteiger partial charge in [-0.1, -0.05) is 0 Å². The summed E-state index contributed by atoms with van der Waals surface area (Å²) >= 11 is 3.33. The first kappa shape index (κ1) is 12.8. The third kappa shape index (κ3) is 2.43. The van der Waals surface area contributed by atoms with Crippen molar-refractivity contribution in [3.05, 3.63) is 34.4 Å². The van der Waals surface area contributed by atoms with E-state index in [-0.39, 0.29) is 0 Å². The summed E-state index contributed by atoms with van der Waals surface area (Å²) in [7, 11) is 3.26. The molecule has 2 aromatic rings. The number of nitrogens with zero attached hydrogens (tertiary/aromatic N) is 2. The number of halogens is 1. The fraction of sp³-hybridized carbons (Fsp3) is 0.250. The summed E-state index contributed by atoms with van der Waals surface area (Å²) < 4.78 is 13.0. The zero-order chi connectivity index (χ0) is 13.1. The van der Waals surface area contributed by atoms with E-state index in [0.29, 0.717) is 12.4 Å². The van der Waals surface area contributed by atoms with E-state index >= 15 is 0 Å². The zero-order valence-electron chi connectivity index (χ0n) is 10.2. The molecule has 0 unspecified atom stereocenters. The van der Waals surface area contributed by atoms with Crippen molar-refractivity contribution in [1.82, 2.24) is 9.78 Å². The third-order valence-electron chi connectivity index (χ3n) is 2.64. The van der Waals surface area contributed by atoms with E-state index < -0.39 is 0 Å². The Balaban J connectivity index is 2.35. The smallest absolute Gasteiger partial charge is 0.136 e. The summed E-state index contributed by atoms with van der Waals surface area (Å²) in [5, 5.41) is 4.19. The van der Waals surface area contributed by atoms with Crippen LogP contribution in [0.1, 0.15) is 5.56 Å². The van der Waals surface area contributed by atoms with Gasteiger partial charge in [-0.25, -0.2) is 4.68 Å². The lowest BCUT2D eigenvalue weighted by molar-refractivity contribution is 0.397. The zero-order valence-corrected chi connectivity index (χ0v) is 11.8. The summed E-state index contributed by atoms with van der Waals surface area (Å²) in [6, 6.07) is 5.63. The van der Waals surface area contributed by atoms with Crippen LogP contribution in [0.15, 0.2) is 28.9 Å². The maximum atomic E-state index is 5.89. The van der Waals surface area contributed by atoms with Crippen molar-refractivity contribution in [2.75, 3.05) is 20.0 Å². The molecule has 2 N–H and O–H groups in total. The second-order valence-corrected chi connectivity index (χ2v) is 4.57. The normalized spacial score (nSPS) is 10.4. The van der Waals surface area contributed by atoms with Crippen LogP contribution in [0.3, 0.4) is 0 Å². The molecule has 0 aliphatic heterocycles. The van der Waals surface area contributed by atoms with Gasteiger partial charge in [-0.15, -0.1) is 0 Å². The number of anilines is 1. The Kier molecular flexibility index (Phi) is 3.76. The van der Waals surface area contributed by atoms with Crippen molar-refractivity contribution in [1.29, 1.82) is 0 Å². The lowest BCUT2D eigenvalue weighted by atomic mass is 10.2. The van der Waals surface area contributed by atoms with Crippen LogP contribution in [-0.2, 0) is 6.54 Å². The average Bonchev–Trinajstić information content (AvgIpc) is 2.70. The molecule has 18 heavy (non-hydrogen) atoms. The second-order valence-electron chi connectivity index (χ2n) is 3.71. The van der Waals surface area contributed by atoms with Crippen molar-refractivity contribution in [3.8, 4) is 11.5 Å². The lowest BCUT2D eigenvalue weighted by Crippen LogP contribution is -2.07. The molecule has 0 saturated carbocycles. The number of nitrogen functional groups attached to an aromatic ring is 1. The molecular formula is C12H14BrN3O2. The highest BCUT2D eigenvalue weighted by molar-refractivity contribution is 9.10. The van der Waals surface area contributed by atoms with Crippen LogP contribution >= 0.6 is 15.9 Å². The molecule has 1 heterocycles. The molecule has 1 aromatic carbocycles. The Hall–Kier alpha value is -1.69. The SMILES string of the molecule is COc1ccc(OC)c(Cn2ncc(Br)c2N)c1. The van der Waals surface area contributed by atoms with Crippen LogP contribution < -0.4 is 15.2 Å². The molecule has 96 valence electrons. The van der Waals surface area contributed by atoms with Gasteiger partial charge in [0.25, 0.3) is 0 Å². The number of ether oxygens (including phenoxy) is 2. The van der Waals surface area contributed by atoms with Gasteiger partial charge in [-0.3, -0.25) is 0 Å². The van der Waals surface area contributed by atoms with E-state index in [2.05, 4.69) is 21.0 Å². The highest BCUT2D eigenvalue weighted by Crippen LogP contribution is 2.26. The Morgan fingerprint density at radius 3 is 2.67 bits per heavy atom. The van der Waals surface area contributed by atoms with Crippen LogP contribution in [0.4, 0.5) is 5.82 Å². The fourth-order valence-electron chi connectivity index (χ4n) is 1.66. The number of aromatic nitrogens is 2. The Bertz CT molecular complexity index is 554. The van der Waals surface area contributed by atoms with Crippen LogP contribution in [0.5, 0.6) is 11.5 Å². The van der Waals surface area contributed by atoms with Crippen molar-refractivity contribution in [2.45, 2.75) is 6.54 Å². The number of methoxy groups -OCH3 is 2. The topological polar surface area (TPSA) is 62.3 Å². The number of hydrogen-bond acceptors (Lipinski definition) is 4. The number of rotatable bonds is 4. The van der Waals surface area contributed by atoms with E-state index in [4.69, 9.17) is 15.2 Å². The van der Waals surface area contributed by atoms with E-state index in [1.807, 2.05) is 18.2 Å². The van der Waals surface area contributed by atoms with Gasteiger partial charge in [-0.2, -0.15) is 5.10 Å². The van der Waals surface area contributed by atoms with Crippen LogP contribution in [0, 0.1) is 0 Å². The highest BCUT2D eigenvalue weighted by atomic mass is 79.9. The molecule has 0 spiro atoms. The molecule has 0 radical (unpaired) electrons. The number of hydrogen-bond donors (Lipinski definition) is 1. The first-order valence-corrected chi connectivity index (χ1v) is 6.12. The largest absolute Gasteiger partial charge is 0.497 e. The minimum absolute atomic E-state index is 0.526. The fourth-order valence-corrected chi connectivity index (χ4v) is 1.96. The summed E-state index contributed by atoms with van der Waals surface area (Å²) in [5.41, 5.74) is 6.85. The molecule has 0 saturated heterocycles. The highest BCUT2D eigenvalue weighted by Gasteiger charge is 2.10. The van der Waals surface area contributed by atoms with Gasteiger partial charge >= 0.3 is 0 Å². The van der Waals surface area contributed by atoms with Gasteiger partial charge < -0.3 is 15.2 Å². The van der Waals surface area contributed by atoms with Crippen LogP contribution in [0.25, 0.3) is 0 Å². The van der Waals surface area contributed by atoms with Crippen molar-refractivity contribution in [2.24, 2.45) is 0 Å². The molecule has 0 fully saturated rings. The molecule has 0 aliphatic rings. The van der Waals surface area contributed by atoms with Crippen LogP contribution in [0.2, 0.25) is 0 Å². The molecule has 0 amide bonds. The molecule has 0 bridgehead atoms. The summed E-state index contributed by atoms with van der Waals surface area (Å²) in [6.45, 7) is 0.526. The summed E-state index contributed by atoms with van der Waals surface area (Å²) in [4.78, 5) is 0. The maximum absolute atomic E-state index is 5.89. The van der Waals surface area contributed by atoms with E-state index in [1.165, 1.54) is 0 Å². The first-order chi connectivity index (χ1) is 8.65. The number of nitrogens with two attached hydrogens (primary N) is 1. The van der Waals surface area contributed by atoms with Gasteiger partial charge in [0.1, 0.15) is 17.3 Å². The predicted molar refractivity (Wildman–Crippen MR) is 73.0 cm³/mol. The van der Waals surface area contributed by atoms with E-state index in [9.17, 15) is 0 Å². The monoisotopic (exact) mass is 311 g/mol. The Labute approximate surface area is 114 Å². The molecule has 2 rings (SSSR count). The minimum atomic E-state index is 0.526. The minimum Gasteiger partial charge on any atom is -0.497 e. The molecule has 5 nitrogen and oxygen atoms in total. The van der Waals surface area contributed by atoms with Gasteiger partial charge in [0.2, 0.25) is 0 Å². The van der Waals surface area contributed by atoms with E-state index in [1.54, 1.807) is 25.1 Å². The third-order valence-corrected chi connectivity index (χ3v) is 3.25. The standard InChI is InChI=1S/C12H14BrN3O2/c1-17-9-3-4-11(18-2)8(5-9)7-16-12(14)10(13)6-15-16/h3-6H,7,14H2,1-2H3. The molecule has 0 atom stereocenters. The van der Waals surface area contributed by atoms with Crippen LogP contribution in [-0.4, -0.2) is 24.0 Å². The van der Waals surface area contributed by atoms with Gasteiger partial charge in [0.15, 0.2) is 0 Å². The molecule has 6 heteroatoms. The van der Waals surface area contributed by atoms with Gasteiger partial charge in [-0.05, 0) is 34.1 Å². The predicted octanol–water partition coefficient (Wildman–Crippen LogP) is 2.29. The Morgan fingerprint density at radius 2 is 2.11 bits per heavy atom. The van der Waals surface area contributed by atoms with Crippen molar-refractivity contribution >= 4 is 21.7 Å². The quantitative estimate of drug-likeness (QED) is 0.941. The average molecular weight is 312 g/mol. The van der Waals surface area contributed by atoms with Crippen molar-refractivity contribution < 1.29 is 9.47 Å². The van der Waals surface area contributed by atoms with Gasteiger partial charge in [0, 0.05) is 5.56 Å². The first-order valence-electron chi connectivity index (χ1n) is 5.33. The summed E-state index contributed by atoms with van der Waals surface area (Å²) in [5.74, 6) is 2.14. The molecule has 1 aromatic heterocycles.